The van der Waals surface area contributed by atoms with Gasteiger partial charge in [0.25, 0.3) is 0 Å². The Morgan fingerprint density at radius 1 is 1.17 bits per heavy atom. The molecule has 5 rings (SSSR count). The van der Waals surface area contributed by atoms with Crippen molar-refractivity contribution in [1.29, 1.82) is 0 Å². The average molecular weight is 393 g/mol. The third-order valence-electron chi connectivity index (χ3n) is 5.90. The van der Waals surface area contributed by atoms with E-state index in [0.717, 1.165) is 12.8 Å². The number of pyridine rings is 1. The fourth-order valence-corrected chi connectivity index (χ4v) is 4.66. The molecular weight excluding hydrogens is 370 g/mol. The van der Waals surface area contributed by atoms with Crippen molar-refractivity contribution < 1.29 is 9.84 Å². The van der Waals surface area contributed by atoms with Crippen LogP contribution in [0.25, 0.3) is 17.1 Å². The van der Waals surface area contributed by atoms with Crippen molar-refractivity contribution in [2.45, 2.75) is 56.7 Å². The summed E-state index contributed by atoms with van der Waals surface area (Å²) >= 11 is 0. The number of piperidine rings is 1. The number of nitrogens with zero attached hydrogens (tertiary/aromatic N) is 6. The van der Waals surface area contributed by atoms with Gasteiger partial charge in [-0.05, 0) is 32.8 Å². The number of aromatic nitrogens is 6. The van der Waals surface area contributed by atoms with Gasteiger partial charge in [0, 0.05) is 36.1 Å². The molecule has 0 saturated carbocycles. The second-order valence-corrected chi connectivity index (χ2v) is 8.56. The number of fused-ring (bicyclic) bond motifs is 2. The maximum atomic E-state index is 10.4. The Kier molecular flexibility index (Phi) is 4.02. The van der Waals surface area contributed by atoms with E-state index in [1.165, 1.54) is 17.5 Å². The van der Waals surface area contributed by atoms with Gasteiger partial charge in [-0.3, -0.25) is 0 Å². The maximum absolute atomic E-state index is 10.4. The number of hydrogen-bond acceptors (Lipinski definition) is 8. The molecule has 5 heterocycles. The molecule has 2 aliphatic rings. The van der Waals surface area contributed by atoms with Crippen molar-refractivity contribution in [1.82, 2.24) is 35.5 Å². The van der Waals surface area contributed by atoms with Crippen molar-refractivity contribution in [3.05, 3.63) is 36.8 Å². The van der Waals surface area contributed by atoms with Crippen LogP contribution in [0.3, 0.4) is 0 Å². The summed E-state index contributed by atoms with van der Waals surface area (Å²) in [4.78, 5) is 4.31. The fraction of sp³-hybridized carbons (Fsp3) is 0.450. The Balaban J connectivity index is 1.32. The zero-order valence-corrected chi connectivity index (χ0v) is 16.4. The second kappa shape index (κ2) is 6.48. The van der Waals surface area contributed by atoms with Crippen molar-refractivity contribution in [2.24, 2.45) is 0 Å². The van der Waals surface area contributed by atoms with Crippen LogP contribution in [0.5, 0.6) is 11.6 Å². The molecule has 0 radical (unpaired) electrons. The molecule has 2 fully saturated rings. The molecule has 29 heavy (non-hydrogen) atoms. The molecule has 2 N–H and O–H groups in total. The number of nitrogens with one attached hydrogen (secondary N) is 1. The highest BCUT2D eigenvalue weighted by atomic mass is 16.5. The minimum absolute atomic E-state index is 0.00301. The largest absolute Gasteiger partial charge is 0.506 e. The average Bonchev–Trinajstić information content (AvgIpc) is 3.28. The standard InChI is InChI=1S/C20H23N7O2/c1-19-5-6-20(2,25-19)11-14(10-19)29-17-4-3-15(23-24-17)18-16(28)9-13(12-21-18)27-8-7-22-26-27/h3-4,7-9,12,14,25,28H,5-6,10-11H2,1-2H3/t14-,19+,20-. The normalized spacial score (nSPS) is 28.4. The second-order valence-electron chi connectivity index (χ2n) is 8.56. The molecule has 9 nitrogen and oxygen atoms in total. The molecule has 3 atom stereocenters. The molecule has 9 heteroatoms. The minimum atomic E-state index is -0.00301. The topological polar surface area (TPSA) is 111 Å². The van der Waals surface area contributed by atoms with Crippen LogP contribution in [0.4, 0.5) is 0 Å². The molecule has 0 aliphatic carbocycles. The molecule has 2 saturated heterocycles. The predicted octanol–water partition coefficient (Wildman–Crippen LogP) is 2.27. The number of rotatable bonds is 4. The van der Waals surface area contributed by atoms with E-state index in [4.69, 9.17) is 4.74 Å². The molecule has 0 amide bonds. The molecule has 2 aliphatic heterocycles. The molecule has 2 bridgehead atoms. The smallest absolute Gasteiger partial charge is 0.233 e. The molecular formula is C20H23N7O2. The SMILES string of the molecule is C[C@]12CC[C@](C)(C[C@H](Oc3ccc(-c4ncc(-n5ccnn5)cc4O)nn3)C1)N2. The van der Waals surface area contributed by atoms with E-state index < -0.39 is 0 Å². The van der Waals surface area contributed by atoms with Crippen LogP contribution >= 0.6 is 0 Å². The van der Waals surface area contributed by atoms with Gasteiger partial charge in [-0.25, -0.2) is 9.67 Å². The first-order chi connectivity index (χ1) is 13.9. The highest BCUT2D eigenvalue weighted by Gasteiger charge is 2.49. The Labute approximate surface area is 168 Å². The summed E-state index contributed by atoms with van der Waals surface area (Å²) in [5.41, 5.74) is 1.70. The Morgan fingerprint density at radius 3 is 2.59 bits per heavy atom. The molecule has 0 aromatic carbocycles. The lowest BCUT2D eigenvalue weighted by Crippen LogP contribution is -2.56. The lowest BCUT2D eigenvalue weighted by molar-refractivity contribution is 0.0754. The molecule has 0 unspecified atom stereocenters. The first kappa shape index (κ1) is 18.0. The zero-order valence-electron chi connectivity index (χ0n) is 16.4. The lowest BCUT2D eigenvalue weighted by Gasteiger charge is -2.41. The monoisotopic (exact) mass is 393 g/mol. The summed E-state index contributed by atoms with van der Waals surface area (Å²) in [6, 6.07) is 5.11. The van der Waals surface area contributed by atoms with E-state index in [0.29, 0.717) is 23.0 Å². The summed E-state index contributed by atoms with van der Waals surface area (Å²) < 4.78 is 7.66. The lowest BCUT2D eigenvalue weighted by atomic mass is 9.86. The van der Waals surface area contributed by atoms with Gasteiger partial charge in [-0.1, -0.05) is 5.21 Å². The Hall–Kier alpha value is -3.07. The van der Waals surface area contributed by atoms with Gasteiger partial charge < -0.3 is 15.2 Å². The number of hydrogen-bond donors (Lipinski definition) is 2. The van der Waals surface area contributed by atoms with Crippen LogP contribution in [-0.4, -0.2) is 52.5 Å². The van der Waals surface area contributed by atoms with Gasteiger partial charge in [0.05, 0.1) is 24.3 Å². The number of ether oxygens (including phenoxy) is 1. The third-order valence-corrected chi connectivity index (χ3v) is 5.90. The molecule has 3 aromatic rings. The van der Waals surface area contributed by atoms with Crippen LogP contribution < -0.4 is 10.1 Å². The molecule has 3 aromatic heterocycles. The van der Waals surface area contributed by atoms with Gasteiger partial charge in [0.1, 0.15) is 23.2 Å². The van der Waals surface area contributed by atoms with E-state index >= 15 is 0 Å². The van der Waals surface area contributed by atoms with Crippen molar-refractivity contribution in [3.8, 4) is 28.7 Å². The fourth-order valence-electron chi connectivity index (χ4n) is 4.66. The summed E-state index contributed by atoms with van der Waals surface area (Å²) in [6.45, 7) is 4.53. The van der Waals surface area contributed by atoms with Crippen LogP contribution in [0.15, 0.2) is 36.8 Å². The highest BCUT2D eigenvalue weighted by Crippen LogP contribution is 2.43. The van der Waals surface area contributed by atoms with E-state index in [-0.39, 0.29) is 22.9 Å². The Bertz CT molecular complexity index is 1010. The summed E-state index contributed by atoms with van der Waals surface area (Å²) in [5, 5.41) is 30.2. The summed E-state index contributed by atoms with van der Waals surface area (Å²) in [7, 11) is 0. The van der Waals surface area contributed by atoms with Crippen molar-refractivity contribution in [2.75, 3.05) is 0 Å². The third kappa shape index (κ3) is 3.42. The molecule has 150 valence electrons. The van der Waals surface area contributed by atoms with Crippen molar-refractivity contribution in [3.63, 3.8) is 0 Å². The van der Waals surface area contributed by atoms with Crippen LogP contribution in [-0.2, 0) is 0 Å². The first-order valence-electron chi connectivity index (χ1n) is 9.77. The highest BCUT2D eigenvalue weighted by molar-refractivity contribution is 5.63. The number of aromatic hydroxyl groups is 1. The van der Waals surface area contributed by atoms with Gasteiger partial charge >= 0.3 is 0 Å². The van der Waals surface area contributed by atoms with Gasteiger partial charge in [0.2, 0.25) is 5.88 Å². The maximum Gasteiger partial charge on any atom is 0.233 e. The van der Waals surface area contributed by atoms with Gasteiger partial charge in [0.15, 0.2) is 0 Å². The van der Waals surface area contributed by atoms with Crippen LogP contribution in [0, 0.1) is 0 Å². The van der Waals surface area contributed by atoms with Crippen molar-refractivity contribution >= 4 is 0 Å². The predicted molar refractivity (Wildman–Crippen MR) is 105 cm³/mol. The quantitative estimate of drug-likeness (QED) is 0.694. The summed E-state index contributed by atoms with van der Waals surface area (Å²) in [5.74, 6) is 0.489. The van der Waals surface area contributed by atoms with Crippen LogP contribution in [0.2, 0.25) is 0 Å². The van der Waals surface area contributed by atoms with E-state index in [9.17, 15) is 5.11 Å². The van der Waals surface area contributed by atoms with E-state index in [1.807, 2.05) is 0 Å². The summed E-state index contributed by atoms with van der Waals surface area (Å²) in [6.07, 6.45) is 9.20. The van der Waals surface area contributed by atoms with E-state index in [1.54, 1.807) is 36.8 Å². The Morgan fingerprint density at radius 2 is 1.97 bits per heavy atom. The first-order valence-corrected chi connectivity index (χ1v) is 9.77. The van der Waals surface area contributed by atoms with Gasteiger partial charge in [-0.15, -0.1) is 15.3 Å². The minimum Gasteiger partial charge on any atom is -0.506 e. The van der Waals surface area contributed by atoms with Gasteiger partial charge in [-0.2, -0.15) is 0 Å². The zero-order chi connectivity index (χ0) is 20.1. The molecule has 0 spiro atoms. The van der Waals surface area contributed by atoms with E-state index in [2.05, 4.69) is 44.7 Å². The van der Waals surface area contributed by atoms with Crippen LogP contribution in [0.1, 0.15) is 39.5 Å².